The van der Waals surface area contributed by atoms with Crippen molar-refractivity contribution in [3.63, 3.8) is 0 Å². The zero-order chi connectivity index (χ0) is 10.8. The summed E-state index contributed by atoms with van der Waals surface area (Å²) in [4.78, 5) is 18.9. The molecule has 15 heavy (non-hydrogen) atoms. The number of carbonyl (C=O) groups is 1. The lowest BCUT2D eigenvalue weighted by atomic mass is 10.5. The number of aromatic nitrogens is 3. The van der Waals surface area contributed by atoms with E-state index in [2.05, 4.69) is 9.97 Å². The third-order valence-electron chi connectivity index (χ3n) is 1.84. The van der Waals surface area contributed by atoms with Gasteiger partial charge in [-0.25, -0.2) is 14.8 Å². The highest BCUT2D eigenvalue weighted by atomic mass is 16.5. The first kappa shape index (κ1) is 9.45. The number of nitrogens with zero attached hydrogens (tertiary/aromatic N) is 3. The first-order valence-electron chi connectivity index (χ1n) is 4.42. The van der Waals surface area contributed by atoms with Crippen LogP contribution in [0.2, 0.25) is 0 Å². The molecule has 0 atom stereocenters. The topological polar surface area (TPSA) is 76.7 Å². The Morgan fingerprint density at radius 1 is 1.67 bits per heavy atom. The standard InChI is InChI=1S/C9H9N3O3/c1-2-15-9(14)6-5-12-4-3-10-8(13)7(12)11-6/h3-5H,2H2,1H3,(H,10,13). The molecule has 2 rings (SSSR count). The fourth-order valence-corrected chi connectivity index (χ4v) is 1.21. The van der Waals surface area contributed by atoms with Crippen LogP contribution < -0.4 is 0 Å². The Balaban J connectivity index is 2.47. The average molecular weight is 207 g/mol. The van der Waals surface area contributed by atoms with E-state index in [0.29, 0.717) is 0 Å². The molecule has 0 bridgehead atoms. The number of fused-ring (bicyclic) bond motifs is 1. The lowest BCUT2D eigenvalue weighted by Crippen LogP contribution is -2.04. The van der Waals surface area contributed by atoms with Crippen LogP contribution in [-0.4, -0.2) is 32.1 Å². The van der Waals surface area contributed by atoms with Gasteiger partial charge in [-0.1, -0.05) is 0 Å². The van der Waals surface area contributed by atoms with E-state index in [1.807, 2.05) is 0 Å². The molecule has 2 aromatic rings. The Kier molecular flexibility index (Phi) is 2.24. The minimum atomic E-state index is -0.513. The minimum Gasteiger partial charge on any atom is -0.491 e. The van der Waals surface area contributed by atoms with E-state index >= 15 is 0 Å². The van der Waals surface area contributed by atoms with Gasteiger partial charge >= 0.3 is 5.97 Å². The second-order valence-electron chi connectivity index (χ2n) is 2.83. The van der Waals surface area contributed by atoms with Gasteiger partial charge in [0.25, 0.3) is 5.88 Å². The molecule has 6 heteroatoms. The Morgan fingerprint density at radius 3 is 3.13 bits per heavy atom. The van der Waals surface area contributed by atoms with Crippen LogP contribution in [0.5, 0.6) is 5.88 Å². The molecule has 0 aliphatic rings. The van der Waals surface area contributed by atoms with Crippen molar-refractivity contribution in [3.05, 3.63) is 24.3 Å². The smallest absolute Gasteiger partial charge is 0.358 e. The number of rotatable bonds is 2. The number of imidazole rings is 1. The summed E-state index contributed by atoms with van der Waals surface area (Å²) in [6, 6.07) is 0. The van der Waals surface area contributed by atoms with Crippen molar-refractivity contribution in [1.29, 1.82) is 0 Å². The summed E-state index contributed by atoms with van der Waals surface area (Å²) in [5.41, 5.74) is 0.390. The molecule has 6 nitrogen and oxygen atoms in total. The number of ether oxygens (including phenoxy) is 1. The summed E-state index contributed by atoms with van der Waals surface area (Å²) in [6.07, 6.45) is 4.48. The van der Waals surface area contributed by atoms with Gasteiger partial charge < -0.3 is 14.2 Å². The SMILES string of the molecule is CCOC(=O)c1cn2ccnc(O)c2n1. The summed E-state index contributed by atoms with van der Waals surface area (Å²) < 4.78 is 6.29. The summed E-state index contributed by atoms with van der Waals surface area (Å²) >= 11 is 0. The van der Waals surface area contributed by atoms with Gasteiger partial charge in [0, 0.05) is 18.6 Å². The lowest BCUT2D eigenvalue weighted by molar-refractivity contribution is 0.0520. The van der Waals surface area contributed by atoms with Gasteiger partial charge in [0.15, 0.2) is 5.69 Å². The third-order valence-corrected chi connectivity index (χ3v) is 1.84. The van der Waals surface area contributed by atoms with Gasteiger partial charge in [-0.15, -0.1) is 0 Å². The van der Waals surface area contributed by atoms with Gasteiger partial charge in [0.2, 0.25) is 5.65 Å². The van der Waals surface area contributed by atoms with Crippen LogP contribution in [0.4, 0.5) is 0 Å². The Labute approximate surface area is 85.2 Å². The Morgan fingerprint density at radius 2 is 2.47 bits per heavy atom. The van der Waals surface area contributed by atoms with E-state index in [4.69, 9.17) is 4.74 Å². The minimum absolute atomic E-state index is 0.153. The number of aromatic hydroxyl groups is 1. The fourth-order valence-electron chi connectivity index (χ4n) is 1.21. The molecule has 0 spiro atoms. The summed E-state index contributed by atoms with van der Waals surface area (Å²) in [5, 5.41) is 9.35. The molecule has 2 aromatic heterocycles. The number of hydrogen-bond acceptors (Lipinski definition) is 5. The van der Waals surface area contributed by atoms with Gasteiger partial charge in [0.1, 0.15) is 0 Å². The first-order chi connectivity index (χ1) is 7.22. The number of hydrogen-bond donors (Lipinski definition) is 1. The van der Waals surface area contributed by atoms with Gasteiger partial charge in [-0.3, -0.25) is 0 Å². The van der Waals surface area contributed by atoms with E-state index in [1.54, 1.807) is 13.1 Å². The van der Waals surface area contributed by atoms with Crippen molar-refractivity contribution < 1.29 is 14.6 Å². The van der Waals surface area contributed by atoms with Crippen LogP contribution >= 0.6 is 0 Å². The second-order valence-corrected chi connectivity index (χ2v) is 2.83. The summed E-state index contributed by atoms with van der Waals surface area (Å²) in [6.45, 7) is 2.00. The highest BCUT2D eigenvalue weighted by Gasteiger charge is 2.13. The highest BCUT2D eigenvalue weighted by Crippen LogP contribution is 2.13. The molecular formula is C9H9N3O3. The van der Waals surface area contributed by atoms with Crippen LogP contribution in [-0.2, 0) is 4.74 Å². The summed E-state index contributed by atoms with van der Waals surface area (Å²) in [7, 11) is 0. The molecule has 0 radical (unpaired) electrons. The fraction of sp³-hybridized carbons (Fsp3) is 0.222. The normalized spacial score (nSPS) is 10.5. The largest absolute Gasteiger partial charge is 0.491 e. The number of esters is 1. The molecule has 0 unspecified atom stereocenters. The molecule has 0 aliphatic carbocycles. The van der Waals surface area contributed by atoms with E-state index in [1.165, 1.54) is 16.8 Å². The van der Waals surface area contributed by atoms with Crippen molar-refractivity contribution >= 4 is 11.6 Å². The van der Waals surface area contributed by atoms with Crippen LogP contribution in [0.3, 0.4) is 0 Å². The van der Waals surface area contributed by atoms with Gasteiger partial charge in [-0.2, -0.15) is 0 Å². The van der Waals surface area contributed by atoms with Crippen molar-refractivity contribution in [2.45, 2.75) is 6.92 Å². The number of carbonyl (C=O) groups excluding carboxylic acids is 1. The lowest BCUT2D eigenvalue weighted by Gasteiger charge is -1.95. The van der Waals surface area contributed by atoms with Crippen molar-refractivity contribution in [1.82, 2.24) is 14.4 Å². The van der Waals surface area contributed by atoms with E-state index in [0.717, 1.165) is 0 Å². The second kappa shape index (κ2) is 3.56. The van der Waals surface area contributed by atoms with Crippen molar-refractivity contribution in [2.24, 2.45) is 0 Å². The van der Waals surface area contributed by atoms with Crippen LogP contribution in [0.15, 0.2) is 18.6 Å². The van der Waals surface area contributed by atoms with E-state index in [-0.39, 0.29) is 23.8 Å². The predicted octanol–water partition coefficient (Wildman–Crippen LogP) is 0.612. The average Bonchev–Trinajstić information content (AvgIpc) is 2.63. The zero-order valence-electron chi connectivity index (χ0n) is 8.04. The quantitative estimate of drug-likeness (QED) is 0.730. The maximum absolute atomic E-state index is 11.3. The van der Waals surface area contributed by atoms with E-state index in [9.17, 15) is 9.90 Å². The Bertz CT molecular complexity index is 506. The van der Waals surface area contributed by atoms with Crippen molar-refractivity contribution in [3.8, 4) is 5.88 Å². The van der Waals surface area contributed by atoms with E-state index < -0.39 is 5.97 Å². The first-order valence-corrected chi connectivity index (χ1v) is 4.42. The monoisotopic (exact) mass is 207 g/mol. The molecule has 2 heterocycles. The molecular weight excluding hydrogens is 198 g/mol. The molecule has 0 aliphatic heterocycles. The Hall–Kier alpha value is -2.11. The van der Waals surface area contributed by atoms with Crippen LogP contribution in [0.25, 0.3) is 5.65 Å². The molecule has 0 fully saturated rings. The molecule has 1 N–H and O–H groups in total. The molecule has 0 amide bonds. The van der Waals surface area contributed by atoms with Gasteiger partial charge in [-0.05, 0) is 6.92 Å². The maximum atomic E-state index is 11.3. The third kappa shape index (κ3) is 1.61. The van der Waals surface area contributed by atoms with Crippen LogP contribution in [0, 0.1) is 0 Å². The van der Waals surface area contributed by atoms with Crippen molar-refractivity contribution in [2.75, 3.05) is 6.61 Å². The van der Waals surface area contributed by atoms with Gasteiger partial charge in [0.05, 0.1) is 6.61 Å². The molecule has 0 saturated heterocycles. The van der Waals surface area contributed by atoms with Crippen LogP contribution in [0.1, 0.15) is 17.4 Å². The predicted molar refractivity (Wildman–Crippen MR) is 50.6 cm³/mol. The maximum Gasteiger partial charge on any atom is 0.358 e. The molecule has 0 saturated carbocycles. The molecule has 0 aromatic carbocycles. The molecule has 78 valence electrons. The highest BCUT2D eigenvalue weighted by molar-refractivity contribution is 5.88. The summed E-state index contributed by atoms with van der Waals surface area (Å²) in [5.74, 6) is -0.728. The zero-order valence-corrected chi connectivity index (χ0v) is 8.04.